The van der Waals surface area contributed by atoms with Crippen LogP contribution in [-0.2, 0) is 18.4 Å². The zero-order valence-electron chi connectivity index (χ0n) is 25.2. The molecule has 0 rings (SSSR count). The van der Waals surface area contributed by atoms with Gasteiger partial charge in [0.05, 0.1) is 12.7 Å². The number of carbonyl (C=O) groups excluding carboxylic acids is 2. The van der Waals surface area contributed by atoms with E-state index in [2.05, 4.69) is 73.0 Å². The van der Waals surface area contributed by atoms with Gasteiger partial charge in [0, 0.05) is 0 Å². The molecule has 0 saturated heterocycles. The van der Waals surface area contributed by atoms with Crippen molar-refractivity contribution >= 4 is 28.5 Å². The molecule has 0 aliphatic rings. The molecule has 0 saturated carbocycles. The maximum Gasteiger partial charge on any atom is 0.408 e. The Hall–Kier alpha value is -1.27. The van der Waals surface area contributed by atoms with Crippen LogP contribution in [0.5, 0.6) is 0 Å². The smallest absolute Gasteiger partial charge is 0.408 e. The molecule has 36 heavy (non-hydrogen) atoms. The monoisotopic (exact) mass is 543 g/mol. The van der Waals surface area contributed by atoms with Gasteiger partial charge in [0.1, 0.15) is 17.7 Å². The summed E-state index contributed by atoms with van der Waals surface area (Å²) in [6.07, 6.45) is 3.46. The lowest BCUT2D eigenvalue weighted by Crippen LogP contribution is -2.58. The Morgan fingerprint density at radius 2 is 1.39 bits per heavy atom. The van der Waals surface area contributed by atoms with E-state index in [1.807, 2.05) is 6.92 Å². The second-order valence-electron chi connectivity index (χ2n) is 13.4. The molecule has 3 atom stereocenters. The molecule has 0 heterocycles. The number of carbonyl (C=O) groups is 2. The lowest BCUT2D eigenvalue weighted by Gasteiger charge is -2.43. The highest BCUT2D eigenvalue weighted by atomic mass is 28.4. The van der Waals surface area contributed by atoms with E-state index < -0.39 is 52.4 Å². The van der Waals surface area contributed by atoms with Gasteiger partial charge in [-0.15, -0.1) is 0 Å². The van der Waals surface area contributed by atoms with Gasteiger partial charge in [0.25, 0.3) is 0 Å². The van der Waals surface area contributed by atoms with Crippen LogP contribution in [0.25, 0.3) is 0 Å². The van der Waals surface area contributed by atoms with Crippen molar-refractivity contribution in [1.29, 1.82) is 0 Å². The number of amides is 1. The van der Waals surface area contributed by atoms with E-state index in [0.29, 0.717) is 0 Å². The molecule has 0 spiro atoms. The first-order valence-electron chi connectivity index (χ1n) is 12.8. The van der Waals surface area contributed by atoms with Crippen LogP contribution in [-0.4, -0.2) is 64.1 Å². The van der Waals surface area contributed by atoms with Gasteiger partial charge in [0.2, 0.25) is 0 Å². The third-order valence-corrected chi connectivity index (χ3v) is 15.9. The lowest BCUT2D eigenvalue weighted by molar-refractivity contribution is -0.122. The van der Waals surface area contributed by atoms with Crippen molar-refractivity contribution in [3.05, 3.63) is 24.3 Å². The van der Waals surface area contributed by atoms with Crippen molar-refractivity contribution in [1.82, 2.24) is 5.32 Å². The summed E-state index contributed by atoms with van der Waals surface area (Å²) < 4.78 is 18.4. The highest BCUT2D eigenvalue weighted by Gasteiger charge is 2.45. The second-order valence-corrected chi connectivity index (χ2v) is 23.0. The molecule has 0 aliphatic heterocycles. The molecular weight excluding hydrogens is 490 g/mol. The molecule has 0 aliphatic carbocycles. The number of alkyl carbamates (subject to hydrolysis) is 1. The fraction of sp³-hybridized carbons (Fsp3) is 0.778. The quantitative estimate of drug-likeness (QED) is 0.179. The highest BCUT2D eigenvalue weighted by molar-refractivity contribution is 6.74. The van der Waals surface area contributed by atoms with Gasteiger partial charge in [0.15, 0.2) is 22.4 Å². The lowest BCUT2D eigenvalue weighted by atomic mass is 10.0. The molecule has 9 heteroatoms. The largest absolute Gasteiger partial charge is 0.444 e. The summed E-state index contributed by atoms with van der Waals surface area (Å²) in [4.78, 5) is 25.8. The van der Waals surface area contributed by atoms with Crippen LogP contribution >= 0.6 is 0 Å². The number of ether oxygens (including phenoxy) is 1. The summed E-state index contributed by atoms with van der Waals surface area (Å²) in [6.45, 7) is 28.3. The van der Waals surface area contributed by atoms with Crippen LogP contribution in [0.4, 0.5) is 4.79 Å². The first-order valence-corrected chi connectivity index (χ1v) is 18.6. The van der Waals surface area contributed by atoms with E-state index in [0.717, 1.165) is 0 Å². The molecule has 0 aromatic heterocycles. The average Bonchev–Trinajstić information content (AvgIpc) is 2.65. The maximum atomic E-state index is 13.2. The number of allylic oxidation sites excluding steroid dienone is 3. The van der Waals surface area contributed by atoms with Gasteiger partial charge in [-0.1, -0.05) is 59.8 Å². The Kier molecular flexibility index (Phi) is 12.5. The topological polar surface area (TPSA) is 94.1 Å². The predicted octanol–water partition coefficient (Wildman–Crippen LogP) is 6.35. The van der Waals surface area contributed by atoms with Crippen LogP contribution in [0.3, 0.4) is 0 Å². The van der Waals surface area contributed by atoms with Crippen LogP contribution in [0.15, 0.2) is 24.3 Å². The second kappa shape index (κ2) is 13.0. The fourth-order valence-corrected chi connectivity index (χ4v) is 4.94. The molecule has 0 aromatic carbocycles. The molecule has 0 fully saturated rings. The van der Waals surface area contributed by atoms with Crippen molar-refractivity contribution in [3.63, 3.8) is 0 Å². The van der Waals surface area contributed by atoms with Crippen LogP contribution in [0.1, 0.15) is 69.2 Å². The number of hydrogen-bond donors (Lipinski definition) is 2. The third-order valence-electron chi connectivity index (χ3n) is 6.93. The van der Waals surface area contributed by atoms with Gasteiger partial charge >= 0.3 is 6.09 Å². The SMILES string of the molecule is C/C=C/C=C/C(=O)[C@@H](NC(=O)OC(C)(C)C)[C@H](O)[C@@H](CO[Si](C)(C)C(C)(C)C)O[Si](C)(C)C(C)(C)C. The Morgan fingerprint density at radius 1 is 0.889 bits per heavy atom. The molecule has 1 amide bonds. The molecule has 0 unspecified atom stereocenters. The van der Waals surface area contributed by atoms with Crippen molar-refractivity contribution in [2.75, 3.05) is 6.61 Å². The van der Waals surface area contributed by atoms with E-state index in [4.69, 9.17) is 13.6 Å². The number of hydrogen-bond acceptors (Lipinski definition) is 6. The molecule has 2 N–H and O–H groups in total. The van der Waals surface area contributed by atoms with E-state index in [9.17, 15) is 14.7 Å². The predicted molar refractivity (Wildman–Crippen MR) is 153 cm³/mol. The van der Waals surface area contributed by atoms with E-state index in [-0.39, 0.29) is 16.7 Å². The maximum absolute atomic E-state index is 13.2. The van der Waals surface area contributed by atoms with E-state index >= 15 is 0 Å². The van der Waals surface area contributed by atoms with Crippen molar-refractivity contribution < 1.29 is 28.3 Å². The minimum Gasteiger partial charge on any atom is -0.444 e. The first-order chi connectivity index (χ1) is 15.9. The van der Waals surface area contributed by atoms with Crippen molar-refractivity contribution in [3.8, 4) is 0 Å². The van der Waals surface area contributed by atoms with Gasteiger partial charge < -0.3 is 24.0 Å². The summed E-state index contributed by atoms with van der Waals surface area (Å²) in [5.41, 5.74) is -0.758. The van der Waals surface area contributed by atoms with Crippen LogP contribution in [0, 0.1) is 0 Å². The zero-order valence-corrected chi connectivity index (χ0v) is 27.2. The molecule has 0 radical (unpaired) electrons. The molecule has 7 nitrogen and oxygen atoms in total. The minimum atomic E-state index is -2.37. The number of nitrogens with one attached hydrogen (secondary N) is 1. The minimum absolute atomic E-state index is 0.0430. The van der Waals surface area contributed by atoms with E-state index in [1.54, 1.807) is 39.0 Å². The molecule has 210 valence electrons. The van der Waals surface area contributed by atoms with Gasteiger partial charge in [-0.25, -0.2) is 4.79 Å². The fourth-order valence-electron chi connectivity index (χ4n) is 2.60. The van der Waals surface area contributed by atoms with Gasteiger partial charge in [-0.2, -0.15) is 0 Å². The van der Waals surface area contributed by atoms with Gasteiger partial charge in [-0.05, 0) is 70.0 Å². The summed E-state index contributed by atoms with van der Waals surface area (Å²) in [7, 11) is -4.55. The molecule has 0 aromatic rings. The molecular formula is C27H53NO6Si2. The standard InChI is InChI=1S/C27H53NO6Si2/c1-15-16-17-18-20(29)22(28-24(31)33-25(2,3)4)23(30)21(34-36(13,14)27(8,9)10)19-32-35(11,12)26(5,6)7/h15-18,21-23,30H,19H2,1-14H3,(H,28,31)/b16-15+,18-17+/t21-,22-,23-/m1/s1. The van der Waals surface area contributed by atoms with Crippen LogP contribution in [0.2, 0.25) is 36.3 Å². The Bertz CT molecular complexity index is 786. The number of ketones is 1. The van der Waals surface area contributed by atoms with Gasteiger partial charge in [-0.3, -0.25) is 4.79 Å². The Balaban J connectivity index is 6.32. The van der Waals surface area contributed by atoms with Crippen LogP contribution < -0.4 is 5.32 Å². The zero-order chi connectivity index (χ0) is 28.8. The van der Waals surface area contributed by atoms with E-state index in [1.165, 1.54) is 6.08 Å². The third kappa shape index (κ3) is 11.4. The highest BCUT2D eigenvalue weighted by Crippen LogP contribution is 2.39. The van der Waals surface area contributed by atoms with Crippen molar-refractivity contribution in [2.45, 2.75) is 129 Å². The average molecular weight is 544 g/mol. The summed E-state index contributed by atoms with van der Waals surface area (Å²) >= 11 is 0. The number of rotatable bonds is 11. The van der Waals surface area contributed by atoms with Crippen molar-refractivity contribution in [2.24, 2.45) is 0 Å². The molecule has 0 bridgehead atoms. The Labute approximate surface area is 222 Å². The normalized spacial score (nSPS) is 16.8. The number of aliphatic hydroxyl groups is 1. The summed E-state index contributed by atoms with van der Waals surface area (Å²) in [6, 6.07) is -1.26. The first kappa shape index (κ1) is 34.7. The Morgan fingerprint density at radius 3 is 1.81 bits per heavy atom. The summed E-state index contributed by atoms with van der Waals surface area (Å²) in [5, 5.41) is 14.0. The summed E-state index contributed by atoms with van der Waals surface area (Å²) in [5.74, 6) is -0.456. The number of aliphatic hydroxyl groups excluding tert-OH is 1.